The fourth-order valence-electron chi connectivity index (χ4n) is 3.15. The summed E-state index contributed by atoms with van der Waals surface area (Å²) in [4.78, 5) is 34.0. The first-order valence-corrected chi connectivity index (χ1v) is 7.24. The number of carbonyl (C=O) groups excluding carboxylic acids is 1. The zero-order valence-electron chi connectivity index (χ0n) is 11.7. The highest BCUT2D eigenvalue weighted by Gasteiger charge is 2.37. The van der Waals surface area contributed by atoms with Crippen LogP contribution in [0.1, 0.15) is 36.7 Å². The number of aromatic nitrogens is 2. The van der Waals surface area contributed by atoms with Gasteiger partial charge in [0.25, 0.3) is 11.5 Å². The normalized spacial score (nSPS) is 24.4. The molecule has 6 nitrogen and oxygen atoms in total. The molecule has 1 amide bonds. The summed E-state index contributed by atoms with van der Waals surface area (Å²) >= 11 is 0. The van der Waals surface area contributed by atoms with Gasteiger partial charge in [-0.1, -0.05) is 6.42 Å². The number of rotatable bonds is 2. The van der Waals surface area contributed by atoms with E-state index in [-0.39, 0.29) is 17.2 Å². The monoisotopic (exact) mass is 276 g/mol. The largest absolute Gasteiger partial charge is 0.334 e. The molecular formula is C14H20N4O2. The molecule has 1 aromatic heterocycles. The van der Waals surface area contributed by atoms with Crippen molar-refractivity contribution in [2.24, 2.45) is 0 Å². The number of nitrogens with one attached hydrogen (secondary N) is 1. The maximum Gasteiger partial charge on any atom is 0.272 e. The van der Waals surface area contributed by atoms with E-state index in [1.807, 2.05) is 0 Å². The summed E-state index contributed by atoms with van der Waals surface area (Å²) in [5.41, 5.74) is -0.0554. The zero-order valence-corrected chi connectivity index (χ0v) is 11.7. The number of hydrogen-bond donors (Lipinski definition) is 1. The lowest BCUT2D eigenvalue weighted by atomic mass is 9.97. The number of hydrogen-bond acceptors (Lipinski definition) is 4. The van der Waals surface area contributed by atoms with Gasteiger partial charge in [0.2, 0.25) is 0 Å². The van der Waals surface area contributed by atoms with Crippen LogP contribution in [0, 0.1) is 0 Å². The molecule has 108 valence electrons. The van der Waals surface area contributed by atoms with E-state index < -0.39 is 0 Å². The maximum absolute atomic E-state index is 12.2. The smallest absolute Gasteiger partial charge is 0.272 e. The second-order valence-electron chi connectivity index (χ2n) is 5.76. The van der Waals surface area contributed by atoms with Gasteiger partial charge >= 0.3 is 0 Å². The first-order chi connectivity index (χ1) is 9.65. The molecule has 1 atom stereocenters. The van der Waals surface area contributed by atoms with Crippen molar-refractivity contribution in [3.05, 3.63) is 28.4 Å². The van der Waals surface area contributed by atoms with Crippen molar-refractivity contribution < 1.29 is 4.79 Å². The minimum absolute atomic E-state index is 0.129. The van der Waals surface area contributed by atoms with Gasteiger partial charge < -0.3 is 9.88 Å². The first-order valence-electron chi connectivity index (χ1n) is 7.24. The standard InChI is InChI=1S/C14H20N4O2/c1-10-4-2-3-5-18(10)11-8-17(9-11)14(20)12-6-15-7-13(19)16-12/h6-7,10-11H,2-5,8-9H2,1H3,(H,16,19)/t10-/m1/s1. The Hall–Kier alpha value is -1.69. The average Bonchev–Trinajstić information content (AvgIpc) is 2.39. The number of piperidine rings is 1. The van der Waals surface area contributed by atoms with E-state index in [1.165, 1.54) is 31.7 Å². The topological polar surface area (TPSA) is 69.3 Å². The van der Waals surface area contributed by atoms with Crippen molar-refractivity contribution in [1.29, 1.82) is 0 Å². The third-order valence-electron chi connectivity index (χ3n) is 4.36. The summed E-state index contributed by atoms with van der Waals surface area (Å²) in [6.07, 6.45) is 6.40. The van der Waals surface area contributed by atoms with Crippen LogP contribution < -0.4 is 5.56 Å². The summed E-state index contributed by atoms with van der Waals surface area (Å²) in [7, 11) is 0. The molecule has 3 heterocycles. The Bertz CT molecular complexity index is 550. The van der Waals surface area contributed by atoms with Crippen molar-refractivity contribution in [2.45, 2.75) is 38.3 Å². The van der Waals surface area contributed by atoms with E-state index in [1.54, 1.807) is 4.90 Å². The number of carbonyl (C=O) groups is 1. The fraction of sp³-hybridized carbons (Fsp3) is 0.643. The molecule has 20 heavy (non-hydrogen) atoms. The summed E-state index contributed by atoms with van der Waals surface area (Å²) in [5.74, 6) is -0.129. The van der Waals surface area contributed by atoms with Crippen LogP contribution in [0.25, 0.3) is 0 Å². The van der Waals surface area contributed by atoms with Crippen LogP contribution in [0.2, 0.25) is 0 Å². The van der Waals surface area contributed by atoms with Crippen LogP contribution in [0.15, 0.2) is 17.2 Å². The molecule has 3 rings (SSSR count). The molecule has 1 aromatic rings. The van der Waals surface area contributed by atoms with Gasteiger partial charge in [-0.2, -0.15) is 0 Å². The van der Waals surface area contributed by atoms with Crippen molar-refractivity contribution in [2.75, 3.05) is 19.6 Å². The van der Waals surface area contributed by atoms with Crippen LogP contribution in [0.4, 0.5) is 0 Å². The van der Waals surface area contributed by atoms with Gasteiger partial charge in [-0.25, -0.2) is 0 Å². The zero-order chi connectivity index (χ0) is 14.1. The second-order valence-corrected chi connectivity index (χ2v) is 5.76. The fourth-order valence-corrected chi connectivity index (χ4v) is 3.15. The van der Waals surface area contributed by atoms with Gasteiger partial charge in [0.05, 0.1) is 12.4 Å². The van der Waals surface area contributed by atoms with Gasteiger partial charge in [0.15, 0.2) is 0 Å². The van der Waals surface area contributed by atoms with Gasteiger partial charge in [0.1, 0.15) is 5.69 Å². The van der Waals surface area contributed by atoms with E-state index in [4.69, 9.17) is 0 Å². The molecule has 6 heteroatoms. The molecule has 0 aromatic carbocycles. The van der Waals surface area contributed by atoms with E-state index >= 15 is 0 Å². The molecule has 0 radical (unpaired) electrons. The molecule has 2 aliphatic heterocycles. The van der Waals surface area contributed by atoms with Crippen molar-refractivity contribution in [3.8, 4) is 0 Å². The molecule has 2 aliphatic rings. The molecule has 2 saturated heterocycles. The average molecular weight is 276 g/mol. The summed E-state index contributed by atoms with van der Waals surface area (Å²) < 4.78 is 0. The lowest BCUT2D eigenvalue weighted by Crippen LogP contribution is -2.63. The Morgan fingerprint density at radius 3 is 2.85 bits per heavy atom. The molecule has 0 spiro atoms. The molecule has 0 unspecified atom stereocenters. The predicted octanol–water partition coefficient (Wildman–Crippen LogP) is 0.469. The van der Waals surface area contributed by atoms with Gasteiger partial charge in [-0.3, -0.25) is 19.5 Å². The molecular weight excluding hydrogens is 256 g/mol. The van der Waals surface area contributed by atoms with Crippen LogP contribution in [-0.2, 0) is 0 Å². The third-order valence-corrected chi connectivity index (χ3v) is 4.36. The van der Waals surface area contributed by atoms with Crippen LogP contribution in [0.5, 0.6) is 0 Å². The highest BCUT2D eigenvalue weighted by molar-refractivity contribution is 5.92. The SMILES string of the molecule is C[C@@H]1CCCCN1C1CN(C(=O)c2cncc(=O)[nH]2)C1. The van der Waals surface area contributed by atoms with E-state index in [9.17, 15) is 9.59 Å². The van der Waals surface area contributed by atoms with E-state index in [0.717, 1.165) is 19.6 Å². The highest BCUT2D eigenvalue weighted by Crippen LogP contribution is 2.24. The number of amides is 1. The Morgan fingerprint density at radius 2 is 2.15 bits per heavy atom. The number of likely N-dealkylation sites (tertiary alicyclic amines) is 2. The lowest BCUT2D eigenvalue weighted by Gasteiger charge is -2.49. The van der Waals surface area contributed by atoms with Crippen LogP contribution >= 0.6 is 0 Å². The highest BCUT2D eigenvalue weighted by atomic mass is 16.2. The Morgan fingerprint density at radius 1 is 1.35 bits per heavy atom. The predicted molar refractivity (Wildman–Crippen MR) is 74.6 cm³/mol. The summed E-state index contributed by atoms with van der Waals surface area (Å²) in [5, 5.41) is 0. The van der Waals surface area contributed by atoms with Gasteiger partial charge in [0, 0.05) is 25.2 Å². The number of H-pyrrole nitrogens is 1. The second kappa shape index (κ2) is 5.36. The summed E-state index contributed by atoms with van der Waals surface area (Å²) in [6, 6.07) is 1.09. The Kier molecular flexibility index (Phi) is 3.56. The van der Waals surface area contributed by atoms with Crippen LogP contribution in [-0.4, -0.2) is 57.4 Å². The third kappa shape index (κ3) is 2.47. The van der Waals surface area contributed by atoms with Crippen molar-refractivity contribution >= 4 is 5.91 Å². The lowest BCUT2D eigenvalue weighted by molar-refractivity contribution is 0.00177. The van der Waals surface area contributed by atoms with E-state index in [0.29, 0.717) is 12.1 Å². The molecule has 1 N–H and O–H groups in total. The van der Waals surface area contributed by atoms with Crippen LogP contribution in [0.3, 0.4) is 0 Å². The quantitative estimate of drug-likeness (QED) is 0.852. The van der Waals surface area contributed by atoms with Crippen molar-refractivity contribution in [1.82, 2.24) is 19.8 Å². The maximum atomic E-state index is 12.2. The molecule has 0 bridgehead atoms. The number of nitrogens with zero attached hydrogens (tertiary/aromatic N) is 3. The minimum atomic E-state index is -0.336. The molecule has 0 aliphatic carbocycles. The number of aromatic amines is 1. The van der Waals surface area contributed by atoms with Gasteiger partial charge in [-0.05, 0) is 26.3 Å². The van der Waals surface area contributed by atoms with Crippen molar-refractivity contribution in [3.63, 3.8) is 0 Å². The Balaban J connectivity index is 1.60. The Labute approximate surface area is 117 Å². The minimum Gasteiger partial charge on any atom is -0.334 e. The molecule has 0 saturated carbocycles. The van der Waals surface area contributed by atoms with E-state index in [2.05, 4.69) is 21.8 Å². The van der Waals surface area contributed by atoms with Gasteiger partial charge in [-0.15, -0.1) is 0 Å². The first kappa shape index (κ1) is 13.3. The summed E-state index contributed by atoms with van der Waals surface area (Å²) in [6.45, 7) is 4.90. The molecule has 2 fully saturated rings.